The van der Waals surface area contributed by atoms with E-state index in [0.717, 1.165) is 4.47 Å². The smallest absolute Gasteiger partial charge is 0.0752 e. The lowest BCUT2D eigenvalue weighted by molar-refractivity contribution is 0.913. The summed E-state index contributed by atoms with van der Waals surface area (Å²) >= 11 is 8.93. The van der Waals surface area contributed by atoms with Crippen molar-refractivity contribution in [1.29, 1.82) is 0 Å². The molecule has 0 bridgehead atoms. The minimum atomic E-state index is -0.00678. The average Bonchev–Trinajstić information content (AvgIpc) is 2.90. The van der Waals surface area contributed by atoms with Gasteiger partial charge in [-0.15, -0.1) is 34.0 Å². The highest BCUT2D eigenvalue weighted by atomic mass is 79.9. The zero-order valence-corrected chi connectivity index (χ0v) is 13.1. The maximum absolute atomic E-state index is 6.35. The topological polar surface area (TPSA) is 26.0 Å². The third-order valence-electron chi connectivity index (χ3n) is 2.58. The summed E-state index contributed by atoms with van der Waals surface area (Å²) in [6, 6.07) is 6.51. The molecule has 1 nitrogen and oxygen atoms in total. The molecule has 5 heteroatoms. The molecular weight excluding hydrogens is 334 g/mol. The van der Waals surface area contributed by atoms with E-state index in [1.54, 1.807) is 34.0 Å². The molecule has 0 saturated carbocycles. The molecule has 0 spiro atoms. The summed E-state index contributed by atoms with van der Waals surface area (Å²) in [4.78, 5) is 3.76. The molecule has 0 aliphatic carbocycles. The maximum atomic E-state index is 6.35. The zero-order chi connectivity index (χ0) is 12.0. The largest absolute Gasteiger partial charge is 0.319 e. The van der Waals surface area contributed by atoms with Crippen LogP contribution in [0.5, 0.6) is 0 Å². The van der Waals surface area contributed by atoms with Crippen molar-refractivity contribution in [3.05, 3.63) is 42.7 Å². The van der Waals surface area contributed by atoms with Crippen LogP contribution in [0.2, 0.25) is 0 Å². The summed E-state index contributed by atoms with van der Waals surface area (Å²) in [5.74, 6) is 0. The SMILES string of the molecule is Cc1cc(Br)c(C(N)c2cc3sccc3s2)s1. The van der Waals surface area contributed by atoms with Crippen molar-refractivity contribution in [3.8, 4) is 0 Å². The van der Waals surface area contributed by atoms with Crippen LogP contribution in [0.15, 0.2) is 28.1 Å². The van der Waals surface area contributed by atoms with Gasteiger partial charge in [-0.3, -0.25) is 0 Å². The van der Waals surface area contributed by atoms with Crippen LogP contribution in [0.25, 0.3) is 9.40 Å². The normalized spacial score (nSPS) is 13.4. The first-order valence-corrected chi connectivity index (χ1v) is 8.44. The number of thiophene rings is 3. The van der Waals surface area contributed by atoms with Crippen LogP contribution < -0.4 is 5.73 Å². The predicted molar refractivity (Wildman–Crippen MR) is 82.5 cm³/mol. The summed E-state index contributed by atoms with van der Waals surface area (Å²) in [6.07, 6.45) is 0. The molecule has 3 aromatic heterocycles. The second kappa shape index (κ2) is 4.48. The molecule has 0 amide bonds. The van der Waals surface area contributed by atoms with Gasteiger partial charge in [-0.05, 0) is 46.4 Å². The number of nitrogens with two attached hydrogens (primary N) is 1. The van der Waals surface area contributed by atoms with E-state index in [1.165, 1.54) is 24.0 Å². The Balaban J connectivity index is 2.04. The van der Waals surface area contributed by atoms with E-state index in [4.69, 9.17) is 5.73 Å². The van der Waals surface area contributed by atoms with Gasteiger partial charge in [0.1, 0.15) is 0 Å². The first-order valence-electron chi connectivity index (χ1n) is 5.13. The van der Waals surface area contributed by atoms with Gasteiger partial charge in [0.05, 0.1) is 6.04 Å². The van der Waals surface area contributed by atoms with E-state index in [0.29, 0.717) is 0 Å². The van der Waals surface area contributed by atoms with Gasteiger partial charge in [0.2, 0.25) is 0 Å². The number of hydrogen-bond acceptors (Lipinski definition) is 4. The number of rotatable bonds is 2. The molecule has 17 heavy (non-hydrogen) atoms. The summed E-state index contributed by atoms with van der Waals surface area (Å²) in [7, 11) is 0. The fraction of sp³-hybridized carbons (Fsp3) is 0.167. The Kier molecular flexibility index (Phi) is 3.13. The molecule has 0 aliphatic rings. The molecule has 3 heterocycles. The fourth-order valence-electron chi connectivity index (χ4n) is 1.78. The van der Waals surface area contributed by atoms with E-state index in [-0.39, 0.29) is 6.04 Å². The van der Waals surface area contributed by atoms with Crippen molar-refractivity contribution in [2.24, 2.45) is 5.73 Å². The van der Waals surface area contributed by atoms with E-state index < -0.39 is 0 Å². The highest BCUT2D eigenvalue weighted by molar-refractivity contribution is 9.10. The van der Waals surface area contributed by atoms with Gasteiger partial charge in [0, 0.05) is 28.5 Å². The molecular formula is C12H10BrNS3. The van der Waals surface area contributed by atoms with Gasteiger partial charge in [-0.25, -0.2) is 0 Å². The lowest BCUT2D eigenvalue weighted by Crippen LogP contribution is -2.08. The van der Waals surface area contributed by atoms with Gasteiger partial charge in [-0.1, -0.05) is 0 Å². The second-order valence-corrected chi connectivity index (χ2v) is 8.05. The van der Waals surface area contributed by atoms with Crippen LogP contribution in [-0.2, 0) is 0 Å². The zero-order valence-electron chi connectivity index (χ0n) is 9.07. The monoisotopic (exact) mass is 343 g/mol. The van der Waals surface area contributed by atoms with Gasteiger partial charge in [-0.2, -0.15) is 0 Å². The third-order valence-corrected chi connectivity index (χ3v) is 6.81. The first kappa shape index (κ1) is 11.9. The maximum Gasteiger partial charge on any atom is 0.0752 e. The quantitative estimate of drug-likeness (QED) is 0.684. The van der Waals surface area contributed by atoms with Crippen molar-refractivity contribution in [2.45, 2.75) is 13.0 Å². The van der Waals surface area contributed by atoms with Crippen molar-refractivity contribution in [3.63, 3.8) is 0 Å². The molecule has 0 radical (unpaired) electrons. The van der Waals surface area contributed by atoms with Gasteiger partial charge < -0.3 is 5.73 Å². The molecule has 0 aromatic carbocycles. The summed E-state index contributed by atoms with van der Waals surface area (Å²) in [6.45, 7) is 2.11. The predicted octanol–water partition coefficient (Wildman–Crippen LogP) is 5.14. The van der Waals surface area contributed by atoms with Crippen LogP contribution in [0.4, 0.5) is 0 Å². The first-order chi connectivity index (χ1) is 8.15. The Labute approximate surface area is 120 Å². The number of halogens is 1. The van der Waals surface area contributed by atoms with Gasteiger partial charge in [0.25, 0.3) is 0 Å². The number of fused-ring (bicyclic) bond motifs is 1. The highest BCUT2D eigenvalue weighted by Crippen LogP contribution is 2.39. The van der Waals surface area contributed by atoms with Crippen LogP contribution in [0, 0.1) is 6.92 Å². The molecule has 3 rings (SSSR count). The molecule has 2 N–H and O–H groups in total. The second-order valence-electron chi connectivity index (χ2n) is 3.84. The summed E-state index contributed by atoms with van der Waals surface area (Å²) in [5, 5.41) is 2.13. The van der Waals surface area contributed by atoms with Gasteiger partial charge >= 0.3 is 0 Å². The standard InChI is InChI=1S/C12H10BrNS3/c1-6-4-7(13)12(16-6)11(14)10-5-9-8(17-10)2-3-15-9/h2-5,11H,14H2,1H3. The summed E-state index contributed by atoms with van der Waals surface area (Å²) in [5.41, 5.74) is 6.35. The van der Waals surface area contributed by atoms with Crippen LogP contribution in [-0.4, -0.2) is 0 Å². The van der Waals surface area contributed by atoms with Crippen LogP contribution >= 0.6 is 49.9 Å². The van der Waals surface area contributed by atoms with Gasteiger partial charge in [0.15, 0.2) is 0 Å². The summed E-state index contributed by atoms with van der Waals surface area (Å²) < 4.78 is 3.80. The van der Waals surface area contributed by atoms with E-state index in [2.05, 4.69) is 46.4 Å². The van der Waals surface area contributed by atoms with Crippen molar-refractivity contribution in [1.82, 2.24) is 0 Å². The lowest BCUT2D eigenvalue weighted by Gasteiger charge is -2.07. The van der Waals surface area contributed by atoms with E-state index >= 15 is 0 Å². The Bertz CT molecular complexity index is 636. The lowest BCUT2D eigenvalue weighted by atomic mass is 10.2. The molecule has 0 aliphatic heterocycles. The molecule has 0 fully saturated rings. The molecule has 1 atom stereocenters. The minimum absolute atomic E-state index is 0.00678. The Morgan fingerprint density at radius 1 is 1.24 bits per heavy atom. The number of hydrogen-bond donors (Lipinski definition) is 1. The van der Waals surface area contributed by atoms with Crippen molar-refractivity contribution >= 4 is 59.3 Å². The average molecular weight is 344 g/mol. The van der Waals surface area contributed by atoms with E-state index in [1.807, 2.05) is 0 Å². The highest BCUT2D eigenvalue weighted by Gasteiger charge is 2.17. The Morgan fingerprint density at radius 3 is 2.71 bits per heavy atom. The Morgan fingerprint density at radius 2 is 2.06 bits per heavy atom. The van der Waals surface area contributed by atoms with Crippen LogP contribution in [0.1, 0.15) is 20.7 Å². The third kappa shape index (κ3) is 2.11. The van der Waals surface area contributed by atoms with E-state index in [9.17, 15) is 0 Å². The molecule has 0 saturated heterocycles. The fourth-order valence-corrected chi connectivity index (χ4v) is 5.90. The van der Waals surface area contributed by atoms with Crippen molar-refractivity contribution in [2.75, 3.05) is 0 Å². The van der Waals surface area contributed by atoms with Crippen molar-refractivity contribution < 1.29 is 0 Å². The minimum Gasteiger partial charge on any atom is -0.319 e. The number of aryl methyl sites for hydroxylation is 1. The molecule has 3 aromatic rings. The Hall–Kier alpha value is -0.200. The molecule has 88 valence electrons. The molecule has 1 unspecified atom stereocenters. The van der Waals surface area contributed by atoms with Crippen LogP contribution in [0.3, 0.4) is 0 Å².